The van der Waals surface area contributed by atoms with E-state index in [0.29, 0.717) is 0 Å². The van der Waals surface area contributed by atoms with Gasteiger partial charge in [0.15, 0.2) is 5.82 Å². The zero-order chi connectivity index (χ0) is 15.2. The first-order valence-electron chi connectivity index (χ1n) is 5.59. The van der Waals surface area contributed by atoms with E-state index in [1.165, 1.54) is 12.3 Å². The van der Waals surface area contributed by atoms with Crippen molar-refractivity contribution < 1.29 is 17.6 Å². The minimum Gasteiger partial charge on any atom is -0.297 e. The summed E-state index contributed by atoms with van der Waals surface area (Å²) in [5, 5.41) is -0.215. The van der Waals surface area contributed by atoms with E-state index in [0.717, 1.165) is 22.9 Å². The largest absolute Gasteiger partial charge is 0.417 e. The third-order valence-electron chi connectivity index (χ3n) is 2.79. The van der Waals surface area contributed by atoms with Crippen molar-refractivity contribution in [2.24, 2.45) is 0 Å². The van der Waals surface area contributed by atoms with Gasteiger partial charge in [0, 0.05) is 6.20 Å². The molecule has 0 aromatic carbocycles. The molecule has 21 heavy (non-hydrogen) atoms. The lowest BCUT2D eigenvalue weighted by Gasteiger charge is -2.08. The Balaban J connectivity index is 2.26. The SMILES string of the molecule is Fc1cnc(Cl)nc1-c1cnc2ccc(C(F)(F)F)cn12. The number of alkyl halides is 3. The lowest BCUT2D eigenvalue weighted by molar-refractivity contribution is -0.137. The Morgan fingerprint density at radius 2 is 1.86 bits per heavy atom. The van der Waals surface area contributed by atoms with Crippen LogP contribution in [0.2, 0.25) is 5.28 Å². The molecule has 3 aromatic rings. The van der Waals surface area contributed by atoms with Crippen molar-refractivity contribution >= 4 is 17.2 Å². The van der Waals surface area contributed by atoms with Gasteiger partial charge >= 0.3 is 6.18 Å². The van der Waals surface area contributed by atoms with Gasteiger partial charge in [-0.15, -0.1) is 0 Å². The molecule has 0 saturated heterocycles. The van der Waals surface area contributed by atoms with E-state index in [4.69, 9.17) is 11.6 Å². The van der Waals surface area contributed by atoms with Crippen LogP contribution in [0.5, 0.6) is 0 Å². The monoisotopic (exact) mass is 316 g/mol. The highest BCUT2D eigenvalue weighted by molar-refractivity contribution is 6.28. The van der Waals surface area contributed by atoms with E-state index >= 15 is 0 Å². The molecule has 9 heteroatoms. The number of hydrogen-bond acceptors (Lipinski definition) is 3. The van der Waals surface area contributed by atoms with Gasteiger partial charge in [-0.25, -0.2) is 19.3 Å². The molecule has 3 heterocycles. The average Bonchev–Trinajstić information content (AvgIpc) is 2.83. The van der Waals surface area contributed by atoms with E-state index in [9.17, 15) is 17.6 Å². The third-order valence-corrected chi connectivity index (χ3v) is 2.97. The maximum absolute atomic E-state index is 13.7. The Morgan fingerprint density at radius 3 is 2.57 bits per heavy atom. The van der Waals surface area contributed by atoms with Crippen LogP contribution in [0.1, 0.15) is 5.56 Å². The minimum atomic E-state index is -4.52. The zero-order valence-corrected chi connectivity index (χ0v) is 10.8. The molecular weight excluding hydrogens is 312 g/mol. The van der Waals surface area contributed by atoms with Gasteiger partial charge in [-0.2, -0.15) is 13.2 Å². The molecule has 0 unspecified atom stereocenters. The average molecular weight is 317 g/mol. The molecule has 0 radical (unpaired) electrons. The summed E-state index contributed by atoms with van der Waals surface area (Å²) in [6, 6.07) is 2.09. The predicted octanol–water partition coefficient (Wildman–Crippen LogP) is 3.60. The van der Waals surface area contributed by atoms with E-state index in [2.05, 4.69) is 15.0 Å². The van der Waals surface area contributed by atoms with Crippen LogP contribution < -0.4 is 0 Å². The number of fused-ring (bicyclic) bond motifs is 1. The number of rotatable bonds is 1. The fourth-order valence-electron chi connectivity index (χ4n) is 1.85. The lowest BCUT2D eigenvalue weighted by atomic mass is 10.2. The molecule has 0 saturated carbocycles. The van der Waals surface area contributed by atoms with Gasteiger partial charge in [0.1, 0.15) is 11.3 Å². The van der Waals surface area contributed by atoms with Crippen LogP contribution in [0.3, 0.4) is 0 Å². The van der Waals surface area contributed by atoms with E-state index in [1.807, 2.05) is 0 Å². The normalized spacial score (nSPS) is 12.0. The molecule has 0 aliphatic rings. The summed E-state index contributed by atoms with van der Waals surface area (Å²) in [6.07, 6.45) is -1.63. The number of nitrogens with zero attached hydrogens (tertiary/aromatic N) is 4. The van der Waals surface area contributed by atoms with Gasteiger partial charge in [-0.3, -0.25) is 4.40 Å². The molecular formula is C12H5ClF4N4. The molecule has 3 rings (SSSR count). The first kappa shape index (κ1) is 13.7. The van der Waals surface area contributed by atoms with E-state index < -0.39 is 17.6 Å². The van der Waals surface area contributed by atoms with Crippen molar-refractivity contribution in [1.29, 1.82) is 0 Å². The van der Waals surface area contributed by atoms with Crippen molar-refractivity contribution in [2.45, 2.75) is 6.18 Å². The van der Waals surface area contributed by atoms with Gasteiger partial charge in [0.25, 0.3) is 0 Å². The Hall–Kier alpha value is -2.22. The zero-order valence-electron chi connectivity index (χ0n) is 10.1. The highest BCUT2D eigenvalue weighted by atomic mass is 35.5. The van der Waals surface area contributed by atoms with Crippen LogP contribution in [0.15, 0.2) is 30.7 Å². The third kappa shape index (κ3) is 2.42. The van der Waals surface area contributed by atoms with Crippen LogP contribution in [-0.2, 0) is 6.18 Å². The summed E-state index contributed by atoms with van der Waals surface area (Å²) < 4.78 is 53.1. The molecule has 108 valence electrons. The molecule has 0 fully saturated rings. The van der Waals surface area contributed by atoms with Gasteiger partial charge < -0.3 is 0 Å². The summed E-state index contributed by atoms with van der Waals surface area (Å²) in [7, 11) is 0. The molecule has 0 N–H and O–H groups in total. The Kier molecular flexibility index (Phi) is 3.05. The van der Waals surface area contributed by atoms with Crippen molar-refractivity contribution in [3.05, 3.63) is 47.4 Å². The summed E-state index contributed by atoms with van der Waals surface area (Å²) >= 11 is 5.59. The maximum atomic E-state index is 13.7. The highest BCUT2D eigenvalue weighted by Gasteiger charge is 2.31. The molecule has 0 atom stereocenters. The second-order valence-electron chi connectivity index (χ2n) is 4.12. The van der Waals surface area contributed by atoms with E-state index in [-0.39, 0.29) is 22.3 Å². The number of aromatic nitrogens is 4. The van der Waals surface area contributed by atoms with E-state index in [1.54, 1.807) is 0 Å². The quantitative estimate of drug-likeness (QED) is 0.509. The van der Waals surface area contributed by atoms with Crippen LogP contribution in [0.4, 0.5) is 17.6 Å². The van der Waals surface area contributed by atoms with Gasteiger partial charge in [0.2, 0.25) is 5.28 Å². The number of pyridine rings is 1. The van der Waals surface area contributed by atoms with Gasteiger partial charge in [0.05, 0.1) is 23.7 Å². The first-order valence-corrected chi connectivity index (χ1v) is 5.97. The Labute approximate surface area is 120 Å². The lowest BCUT2D eigenvalue weighted by Crippen LogP contribution is -2.06. The van der Waals surface area contributed by atoms with Crippen molar-refractivity contribution in [3.63, 3.8) is 0 Å². The molecule has 0 aliphatic carbocycles. The number of halogens is 5. The summed E-state index contributed by atoms with van der Waals surface area (Å²) in [5.74, 6) is -0.807. The summed E-state index contributed by atoms with van der Waals surface area (Å²) in [5.41, 5.74) is -0.818. The molecule has 4 nitrogen and oxygen atoms in total. The number of imidazole rings is 1. The number of hydrogen-bond donors (Lipinski definition) is 0. The Bertz CT molecular complexity index is 828. The fraction of sp³-hybridized carbons (Fsp3) is 0.0833. The van der Waals surface area contributed by atoms with Crippen LogP contribution >= 0.6 is 11.6 Å². The smallest absolute Gasteiger partial charge is 0.297 e. The summed E-state index contributed by atoms with van der Waals surface area (Å²) in [6.45, 7) is 0. The van der Waals surface area contributed by atoms with Crippen molar-refractivity contribution in [2.75, 3.05) is 0 Å². The maximum Gasteiger partial charge on any atom is 0.417 e. The molecule has 0 amide bonds. The second kappa shape index (κ2) is 4.66. The van der Waals surface area contributed by atoms with Crippen LogP contribution in [0, 0.1) is 5.82 Å². The molecule has 0 aliphatic heterocycles. The van der Waals surface area contributed by atoms with Crippen molar-refractivity contribution in [1.82, 2.24) is 19.4 Å². The first-order chi connectivity index (χ1) is 9.86. The van der Waals surface area contributed by atoms with Gasteiger partial charge in [-0.1, -0.05) is 0 Å². The fourth-order valence-corrected chi connectivity index (χ4v) is 1.98. The standard InChI is InChI=1S/C12H5ClF4N4/c13-11-19-3-7(14)10(20-11)8-4-18-9-2-1-6(5-21(8)9)12(15,16)17/h1-5H. The highest BCUT2D eigenvalue weighted by Crippen LogP contribution is 2.31. The molecule has 0 spiro atoms. The van der Waals surface area contributed by atoms with Gasteiger partial charge in [-0.05, 0) is 23.7 Å². The molecule has 0 bridgehead atoms. The summed E-state index contributed by atoms with van der Waals surface area (Å²) in [4.78, 5) is 11.1. The van der Waals surface area contributed by atoms with Crippen LogP contribution in [0.25, 0.3) is 17.0 Å². The second-order valence-corrected chi connectivity index (χ2v) is 4.46. The topological polar surface area (TPSA) is 43.1 Å². The predicted molar refractivity (Wildman–Crippen MR) is 66.2 cm³/mol. The minimum absolute atomic E-state index is 0.0536. The van der Waals surface area contributed by atoms with Crippen molar-refractivity contribution in [3.8, 4) is 11.4 Å². The Morgan fingerprint density at radius 1 is 1.10 bits per heavy atom. The van der Waals surface area contributed by atoms with Crippen LogP contribution in [-0.4, -0.2) is 19.4 Å². The molecule has 3 aromatic heterocycles.